The first-order chi connectivity index (χ1) is 16.5. The fourth-order valence-corrected chi connectivity index (χ4v) is 4.15. The van der Waals surface area contributed by atoms with E-state index in [-0.39, 0.29) is 11.5 Å². The number of carbonyl (C=O) groups is 1. The first-order valence-corrected chi connectivity index (χ1v) is 12.2. The van der Waals surface area contributed by atoms with Gasteiger partial charge in [0.1, 0.15) is 5.65 Å². The van der Waals surface area contributed by atoms with Gasteiger partial charge >= 0.3 is 0 Å². The fourth-order valence-electron chi connectivity index (χ4n) is 4.15. The van der Waals surface area contributed by atoms with Gasteiger partial charge in [-0.3, -0.25) is 19.0 Å². The van der Waals surface area contributed by atoms with E-state index in [1.54, 1.807) is 24.5 Å². The second-order valence-corrected chi connectivity index (χ2v) is 9.13. The van der Waals surface area contributed by atoms with Crippen molar-refractivity contribution in [1.29, 1.82) is 0 Å². The lowest BCUT2D eigenvalue weighted by molar-refractivity contribution is 0.0952. The number of aromatic nitrogens is 3. The average Bonchev–Trinajstić information content (AvgIpc) is 2.86. The van der Waals surface area contributed by atoms with E-state index < -0.39 is 0 Å². The number of amides is 1. The summed E-state index contributed by atoms with van der Waals surface area (Å²) in [7, 11) is 0. The predicted octanol–water partition coefficient (Wildman–Crippen LogP) is 5.29. The molecule has 4 aromatic rings. The summed E-state index contributed by atoms with van der Waals surface area (Å²) in [4.78, 5) is 34.5. The van der Waals surface area contributed by atoms with Gasteiger partial charge in [0, 0.05) is 25.1 Å². The van der Waals surface area contributed by atoms with Crippen LogP contribution in [0.4, 0.5) is 0 Å². The van der Waals surface area contributed by atoms with Crippen molar-refractivity contribution in [2.45, 2.75) is 58.3 Å². The predicted molar refractivity (Wildman–Crippen MR) is 136 cm³/mol. The maximum atomic E-state index is 13.1. The van der Waals surface area contributed by atoms with E-state index in [1.807, 2.05) is 30.5 Å². The van der Waals surface area contributed by atoms with Crippen LogP contribution in [0.25, 0.3) is 16.6 Å². The van der Waals surface area contributed by atoms with E-state index in [2.05, 4.69) is 35.2 Å². The molecular weight excluding hydrogens is 424 g/mol. The Bertz CT molecular complexity index is 1330. The smallest absolute Gasteiger partial charge is 0.265 e. The zero-order chi connectivity index (χ0) is 23.9. The summed E-state index contributed by atoms with van der Waals surface area (Å²) in [5, 5.41) is 3.55. The summed E-state index contributed by atoms with van der Waals surface area (Å²) in [5.41, 5.74) is 3.91. The van der Waals surface area contributed by atoms with Crippen molar-refractivity contribution in [2.75, 3.05) is 6.54 Å². The third-order valence-corrected chi connectivity index (χ3v) is 6.21. The van der Waals surface area contributed by atoms with Crippen molar-refractivity contribution in [3.05, 3.63) is 88.1 Å². The van der Waals surface area contributed by atoms with Gasteiger partial charge in [0.15, 0.2) is 0 Å². The lowest BCUT2D eigenvalue weighted by atomic mass is 10.0. The summed E-state index contributed by atoms with van der Waals surface area (Å²) in [6, 6.07) is 13.4. The van der Waals surface area contributed by atoms with Gasteiger partial charge in [0.2, 0.25) is 0 Å². The summed E-state index contributed by atoms with van der Waals surface area (Å²) < 4.78 is 1.48. The minimum Gasteiger partial charge on any atom is -0.352 e. The Morgan fingerprint density at radius 3 is 2.65 bits per heavy atom. The van der Waals surface area contributed by atoms with Crippen LogP contribution in [0.1, 0.15) is 73.4 Å². The number of pyridine rings is 2. The van der Waals surface area contributed by atoms with E-state index in [1.165, 1.54) is 16.4 Å². The molecule has 0 radical (unpaired) electrons. The van der Waals surface area contributed by atoms with E-state index >= 15 is 0 Å². The summed E-state index contributed by atoms with van der Waals surface area (Å²) in [5.74, 6) is 0.157. The van der Waals surface area contributed by atoms with Gasteiger partial charge in [0.25, 0.3) is 11.5 Å². The molecule has 34 heavy (non-hydrogen) atoms. The lowest BCUT2D eigenvalue weighted by Crippen LogP contribution is -2.25. The Hall–Kier alpha value is -3.54. The molecular formula is C28H32N4O2. The Morgan fingerprint density at radius 1 is 1.03 bits per heavy atom. The lowest BCUT2D eigenvalue weighted by Gasteiger charge is -2.09. The maximum absolute atomic E-state index is 13.1. The summed E-state index contributed by atoms with van der Waals surface area (Å²) in [6.07, 6.45) is 11.9. The van der Waals surface area contributed by atoms with Crippen LogP contribution >= 0.6 is 0 Å². The molecule has 0 fully saturated rings. The molecule has 0 saturated carbocycles. The number of carbonyl (C=O) groups excluding carboxylic acids is 1. The highest BCUT2D eigenvalue weighted by molar-refractivity contribution is 5.94. The van der Waals surface area contributed by atoms with Crippen LogP contribution in [0.3, 0.4) is 0 Å². The van der Waals surface area contributed by atoms with Gasteiger partial charge in [-0.15, -0.1) is 0 Å². The Labute approximate surface area is 200 Å². The maximum Gasteiger partial charge on any atom is 0.265 e. The summed E-state index contributed by atoms with van der Waals surface area (Å²) in [6.45, 7) is 4.82. The molecule has 1 aromatic carbocycles. The standard InChI is InChI=1S/C28H32N4O2/c1-20(2)22-11-13-25-24(17-22)28(34)32-19-23(12-14-26(32)31-25)27(33)30-16-7-5-3-4-6-9-21-10-8-15-29-18-21/h8,10-15,17-20H,3-7,9,16H2,1-2H3,(H,30,33). The van der Waals surface area contributed by atoms with Crippen molar-refractivity contribution in [2.24, 2.45) is 0 Å². The molecule has 1 amide bonds. The number of hydrogen-bond donors (Lipinski definition) is 1. The summed E-state index contributed by atoms with van der Waals surface area (Å²) >= 11 is 0. The zero-order valence-corrected chi connectivity index (χ0v) is 20.0. The van der Waals surface area contributed by atoms with Crippen molar-refractivity contribution >= 4 is 22.5 Å². The molecule has 0 aliphatic rings. The third kappa shape index (κ3) is 5.68. The van der Waals surface area contributed by atoms with Gasteiger partial charge in [-0.25, -0.2) is 4.98 Å². The van der Waals surface area contributed by atoms with E-state index in [9.17, 15) is 9.59 Å². The van der Waals surface area contributed by atoms with Gasteiger partial charge in [-0.2, -0.15) is 0 Å². The Balaban J connectivity index is 1.30. The van der Waals surface area contributed by atoms with Crippen LogP contribution in [-0.2, 0) is 6.42 Å². The van der Waals surface area contributed by atoms with Crippen LogP contribution in [0.5, 0.6) is 0 Å². The third-order valence-electron chi connectivity index (χ3n) is 6.21. The van der Waals surface area contributed by atoms with Gasteiger partial charge < -0.3 is 5.32 Å². The SMILES string of the molecule is CC(C)c1ccc2nc3ccc(C(=O)NCCCCCCCc4cccnc4)cn3c(=O)c2c1. The van der Waals surface area contributed by atoms with Crippen molar-refractivity contribution in [3.63, 3.8) is 0 Å². The van der Waals surface area contributed by atoms with Gasteiger partial charge in [-0.1, -0.05) is 45.2 Å². The molecule has 176 valence electrons. The van der Waals surface area contributed by atoms with Crippen molar-refractivity contribution in [3.8, 4) is 0 Å². The molecule has 0 unspecified atom stereocenters. The number of aryl methyl sites for hydroxylation is 1. The molecule has 0 aliphatic heterocycles. The molecule has 0 aliphatic carbocycles. The topological polar surface area (TPSA) is 76.4 Å². The van der Waals surface area contributed by atoms with Crippen LogP contribution in [0.2, 0.25) is 0 Å². The number of nitrogens with zero attached hydrogens (tertiary/aromatic N) is 3. The minimum atomic E-state index is -0.165. The number of rotatable bonds is 10. The Kier molecular flexibility index (Phi) is 7.68. The fraction of sp³-hybridized carbons (Fsp3) is 0.357. The number of benzene rings is 1. The van der Waals surface area contributed by atoms with E-state index in [4.69, 9.17) is 0 Å². The largest absolute Gasteiger partial charge is 0.352 e. The molecule has 0 atom stereocenters. The van der Waals surface area contributed by atoms with Crippen LogP contribution in [0.15, 0.2) is 65.8 Å². The number of fused-ring (bicyclic) bond motifs is 2. The average molecular weight is 457 g/mol. The minimum absolute atomic E-state index is 0.150. The normalized spacial score (nSPS) is 11.4. The van der Waals surface area contributed by atoms with Crippen LogP contribution < -0.4 is 10.9 Å². The highest BCUT2D eigenvalue weighted by Gasteiger charge is 2.11. The molecule has 3 heterocycles. The van der Waals surface area contributed by atoms with Gasteiger partial charge in [0.05, 0.1) is 16.5 Å². The van der Waals surface area contributed by atoms with Crippen LogP contribution in [-0.4, -0.2) is 26.8 Å². The second-order valence-electron chi connectivity index (χ2n) is 9.13. The molecule has 0 spiro atoms. The zero-order valence-electron chi connectivity index (χ0n) is 20.0. The van der Waals surface area contributed by atoms with E-state index in [0.29, 0.717) is 34.6 Å². The molecule has 0 saturated heterocycles. The first kappa shape index (κ1) is 23.6. The number of unbranched alkanes of at least 4 members (excludes halogenated alkanes) is 4. The quantitative estimate of drug-likeness (QED) is 0.260. The molecule has 6 nitrogen and oxygen atoms in total. The highest BCUT2D eigenvalue weighted by Crippen LogP contribution is 2.19. The van der Waals surface area contributed by atoms with Crippen molar-refractivity contribution < 1.29 is 4.79 Å². The molecule has 3 aromatic heterocycles. The molecule has 4 rings (SSSR count). The second kappa shape index (κ2) is 11.1. The van der Waals surface area contributed by atoms with Crippen molar-refractivity contribution in [1.82, 2.24) is 19.7 Å². The number of hydrogen-bond acceptors (Lipinski definition) is 4. The Morgan fingerprint density at radius 2 is 1.85 bits per heavy atom. The monoisotopic (exact) mass is 456 g/mol. The number of nitrogens with one attached hydrogen (secondary N) is 1. The van der Waals surface area contributed by atoms with Gasteiger partial charge in [-0.05, 0) is 66.6 Å². The van der Waals surface area contributed by atoms with E-state index in [0.717, 1.165) is 37.7 Å². The van der Waals surface area contributed by atoms with Crippen LogP contribution in [0, 0.1) is 0 Å². The highest BCUT2D eigenvalue weighted by atomic mass is 16.1. The molecule has 1 N–H and O–H groups in total. The first-order valence-electron chi connectivity index (χ1n) is 12.2. The molecule has 6 heteroatoms. The molecule has 0 bridgehead atoms.